The van der Waals surface area contributed by atoms with Gasteiger partial charge in [-0.1, -0.05) is 24.6 Å². The molecule has 0 aliphatic carbocycles. The molecule has 1 N–H and O–H groups in total. The second kappa shape index (κ2) is 8.52. The van der Waals surface area contributed by atoms with Crippen LogP contribution >= 0.6 is 11.6 Å². The number of hydrogen-bond acceptors (Lipinski definition) is 4. The van der Waals surface area contributed by atoms with Crippen LogP contribution in [0.15, 0.2) is 18.2 Å². The maximum Gasteiger partial charge on any atom is 0.138 e. The van der Waals surface area contributed by atoms with Gasteiger partial charge in [0.25, 0.3) is 0 Å². The second-order valence-corrected chi connectivity index (χ2v) is 7.46. The molecule has 1 aromatic rings. The zero-order valence-electron chi connectivity index (χ0n) is 14.4. The van der Waals surface area contributed by atoms with Crippen LogP contribution in [0.25, 0.3) is 0 Å². The fraction of sp³-hybridized carbons (Fsp3) is 0.684. The summed E-state index contributed by atoms with van der Waals surface area (Å²) in [4.78, 5) is 2.43. The Morgan fingerprint density at radius 2 is 2.00 bits per heavy atom. The number of aliphatic hydroxyl groups is 1. The maximum atomic E-state index is 10.6. The predicted octanol–water partition coefficient (Wildman–Crippen LogP) is 3.66. The third kappa shape index (κ3) is 4.63. The van der Waals surface area contributed by atoms with Gasteiger partial charge in [0.15, 0.2) is 0 Å². The van der Waals surface area contributed by atoms with Gasteiger partial charge in [-0.2, -0.15) is 0 Å². The van der Waals surface area contributed by atoms with E-state index in [-0.39, 0.29) is 12.0 Å². The van der Waals surface area contributed by atoms with Crippen LogP contribution in [0.2, 0.25) is 5.02 Å². The molecule has 0 saturated carbocycles. The van der Waals surface area contributed by atoms with Gasteiger partial charge in [0.2, 0.25) is 0 Å². The molecule has 0 bridgehead atoms. The van der Waals surface area contributed by atoms with E-state index in [0.717, 1.165) is 51.3 Å². The summed E-state index contributed by atoms with van der Waals surface area (Å²) < 4.78 is 11.3. The number of likely N-dealkylation sites (tertiary alicyclic amines) is 1. The highest BCUT2D eigenvalue weighted by molar-refractivity contribution is 6.32. The molecule has 2 heterocycles. The van der Waals surface area contributed by atoms with Crippen LogP contribution in [0.1, 0.15) is 44.3 Å². The molecule has 24 heavy (non-hydrogen) atoms. The lowest BCUT2D eigenvalue weighted by atomic mass is 9.97. The van der Waals surface area contributed by atoms with Gasteiger partial charge in [-0.25, -0.2) is 0 Å². The van der Waals surface area contributed by atoms with Gasteiger partial charge in [-0.05, 0) is 49.5 Å². The lowest BCUT2D eigenvalue weighted by Gasteiger charge is -2.26. The van der Waals surface area contributed by atoms with Gasteiger partial charge in [-0.3, -0.25) is 0 Å². The van der Waals surface area contributed by atoms with Crippen molar-refractivity contribution < 1.29 is 14.6 Å². The molecule has 4 nitrogen and oxygen atoms in total. The summed E-state index contributed by atoms with van der Waals surface area (Å²) >= 11 is 6.39. The minimum atomic E-state index is -0.500. The fourth-order valence-corrected chi connectivity index (χ4v) is 3.80. The minimum absolute atomic E-state index is 0.168. The number of halogens is 1. The highest BCUT2D eigenvalue weighted by Crippen LogP contribution is 2.32. The van der Waals surface area contributed by atoms with Gasteiger partial charge in [0.05, 0.1) is 24.3 Å². The molecule has 0 spiro atoms. The van der Waals surface area contributed by atoms with Gasteiger partial charge in [0.1, 0.15) is 11.9 Å². The normalized spacial score (nSPS) is 22.5. The summed E-state index contributed by atoms with van der Waals surface area (Å²) in [5.41, 5.74) is 0.867. The van der Waals surface area contributed by atoms with Crippen molar-refractivity contribution >= 4 is 11.6 Å². The molecule has 2 aliphatic rings. The molecule has 0 radical (unpaired) electrons. The second-order valence-electron chi connectivity index (χ2n) is 7.05. The van der Waals surface area contributed by atoms with E-state index in [9.17, 15) is 5.11 Å². The van der Waals surface area contributed by atoms with Crippen LogP contribution in [0.4, 0.5) is 0 Å². The Labute approximate surface area is 149 Å². The molecule has 2 saturated heterocycles. The Morgan fingerprint density at radius 3 is 2.67 bits per heavy atom. The summed E-state index contributed by atoms with van der Waals surface area (Å²) in [5, 5.41) is 11.2. The largest absolute Gasteiger partial charge is 0.489 e. The van der Waals surface area contributed by atoms with Crippen LogP contribution < -0.4 is 4.74 Å². The van der Waals surface area contributed by atoms with E-state index in [1.54, 1.807) is 0 Å². The SMILES string of the molecule is C[C@H](CN1CCCC1)C(O)c1ccc(OC2CCOCC2)c(Cl)c1. The maximum absolute atomic E-state index is 10.6. The topological polar surface area (TPSA) is 41.9 Å². The molecule has 3 rings (SSSR count). The van der Waals surface area contributed by atoms with Crippen molar-refractivity contribution in [1.82, 2.24) is 4.90 Å². The van der Waals surface area contributed by atoms with Crippen molar-refractivity contribution in [2.45, 2.75) is 44.8 Å². The number of hydrogen-bond donors (Lipinski definition) is 1. The molecule has 134 valence electrons. The lowest BCUT2D eigenvalue weighted by molar-refractivity contribution is 0.0255. The highest BCUT2D eigenvalue weighted by atomic mass is 35.5. The van der Waals surface area contributed by atoms with Crippen LogP contribution in [0.5, 0.6) is 5.75 Å². The summed E-state index contributed by atoms with van der Waals surface area (Å²) in [6.45, 7) is 6.81. The molecular weight excluding hydrogens is 326 g/mol. The van der Waals surface area contributed by atoms with E-state index in [2.05, 4.69) is 11.8 Å². The van der Waals surface area contributed by atoms with Crippen molar-refractivity contribution in [1.29, 1.82) is 0 Å². The van der Waals surface area contributed by atoms with Crippen molar-refractivity contribution in [3.05, 3.63) is 28.8 Å². The molecule has 0 amide bonds. The minimum Gasteiger partial charge on any atom is -0.489 e. The predicted molar refractivity (Wildman–Crippen MR) is 95.7 cm³/mol. The van der Waals surface area contributed by atoms with Crippen molar-refractivity contribution in [2.75, 3.05) is 32.8 Å². The summed E-state index contributed by atoms with van der Waals surface area (Å²) in [6.07, 6.45) is 4.00. The first-order valence-electron chi connectivity index (χ1n) is 9.08. The molecule has 0 aromatic heterocycles. The fourth-order valence-electron chi connectivity index (χ4n) is 3.57. The molecule has 1 unspecified atom stereocenters. The van der Waals surface area contributed by atoms with E-state index in [1.807, 2.05) is 18.2 Å². The molecule has 5 heteroatoms. The van der Waals surface area contributed by atoms with Crippen LogP contribution in [-0.2, 0) is 4.74 Å². The Hall–Kier alpha value is -0.810. The molecule has 2 aliphatic heterocycles. The average molecular weight is 354 g/mol. The number of rotatable bonds is 6. The Kier molecular flexibility index (Phi) is 6.39. The van der Waals surface area contributed by atoms with Crippen LogP contribution in [-0.4, -0.2) is 49.0 Å². The van der Waals surface area contributed by atoms with Gasteiger partial charge >= 0.3 is 0 Å². The average Bonchev–Trinajstić information content (AvgIpc) is 3.10. The monoisotopic (exact) mass is 353 g/mol. The van der Waals surface area contributed by atoms with Crippen LogP contribution in [0, 0.1) is 5.92 Å². The Bertz CT molecular complexity index is 527. The molecule has 2 atom stereocenters. The van der Waals surface area contributed by atoms with E-state index in [4.69, 9.17) is 21.1 Å². The van der Waals surface area contributed by atoms with E-state index in [1.165, 1.54) is 12.8 Å². The molecule has 2 fully saturated rings. The van der Waals surface area contributed by atoms with E-state index in [0.29, 0.717) is 10.8 Å². The van der Waals surface area contributed by atoms with Gasteiger partial charge in [-0.15, -0.1) is 0 Å². The quantitative estimate of drug-likeness (QED) is 0.847. The highest BCUT2D eigenvalue weighted by Gasteiger charge is 2.23. The van der Waals surface area contributed by atoms with Crippen molar-refractivity contribution in [2.24, 2.45) is 5.92 Å². The Balaban J connectivity index is 1.59. The number of aliphatic hydroxyl groups excluding tert-OH is 1. The van der Waals surface area contributed by atoms with Gasteiger partial charge < -0.3 is 19.5 Å². The summed E-state index contributed by atoms with van der Waals surface area (Å²) in [5.74, 6) is 0.883. The standard InChI is InChI=1S/C19H28ClNO3/c1-14(13-21-8-2-3-9-21)19(22)15-4-5-18(17(20)12-15)24-16-6-10-23-11-7-16/h4-5,12,14,16,19,22H,2-3,6-11,13H2,1H3/t14-,19?/m1/s1. The first kappa shape index (κ1) is 18.0. The number of ether oxygens (including phenoxy) is 2. The Morgan fingerprint density at radius 1 is 1.29 bits per heavy atom. The summed E-state index contributed by atoms with van der Waals surface area (Å²) in [6, 6.07) is 5.67. The third-order valence-electron chi connectivity index (χ3n) is 5.04. The zero-order chi connectivity index (χ0) is 16.9. The molecule has 1 aromatic carbocycles. The van der Waals surface area contributed by atoms with Crippen LogP contribution in [0.3, 0.4) is 0 Å². The van der Waals surface area contributed by atoms with Crippen molar-refractivity contribution in [3.63, 3.8) is 0 Å². The first-order valence-corrected chi connectivity index (χ1v) is 9.45. The molecular formula is C19H28ClNO3. The van der Waals surface area contributed by atoms with Gasteiger partial charge in [0, 0.05) is 19.4 Å². The van der Waals surface area contributed by atoms with Crippen molar-refractivity contribution in [3.8, 4) is 5.75 Å². The summed E-state index contributed by atoms with van der Waals surface area (Å²) in [7, 11) is 0. The smallest absolute Gasteiger partial charge is 0.138 e. The lowest BCUT2D eigenvalue weighted by Crippen LogP contribution is -2.28. The van der Waals surface area contributed by atoms with E-state index < -0.39 is 6.10 Å². The zero-order valence-corrected chi connectivity index (χ0v) is 15.2. The first-order chi connectivity index (χ1) is 11.6. The van der Waals surface area contributed by atoms with E-state index >= 15 is 0 Å². The number of benzene rings is 1. The number of nitrogens with zero attached hydrogens (tertiary/aromatic N) is 1. The third-order valence-corrected chi connectivity index (χ3v) is 5.34.